The number of aromatic amines is 2. The molecule has 17 heavy (non-hydrogen) atoms. The predicted molar refractivity (Wildman–Crippen MR) is 61.5 cm³/mol. The summed E-state index contributed by atoms with van der Waals surface area (Å²) in [4.78, 5) is 11.9. The van der Waals surface area contributed by atoms with Gasteiger partial charge in [0.25, 0.3) is 5.91 Å². The number of amides is 1. The van der Waals surface area contributed by atoms with Crippen molar-refractivity contribution >= 4 is 17.4 Å². The van der Waals surface area contributed by atoms with Gasteiger partial charge in [-0.05, 0) is 12.8 Å². The summed E-state index contributed by atoms with van der Waals surface area (Å²) < 4.78 is 0. The molecular formula is C10H12N6O. The summed E-state index contributed by atoms with van der Waals surface area (Å²) in [7, 11) is 0. The highest BCUT2D eigenvalue weighted by molar-refractivity contribution is 6.06. The molecule has 1 aliphatic rings. The standard InChI is InChI=1S/C10H12N6O/c11-7-8(5-1-2-5)15-16-9(7)10(17)13-6-3-4-12-14-6/h3-5H,1-2,11H2,(H,15,16)(H2,12,13,14,17). The van der Waals surface area contributed by atoms with Gasteiger partial charge < -0.3 is 11.1 Å². The lowest BCUT2D eigenvalue weighted by atomic mass is 10.2. The van der Waals surface area contributed by atoms with Gasteiger partial charge in [0, 0.05) is 12.0 Å². The fraction of sp³-hybridized carbons (Fsp3) is 0.300. The number of nitrogens with one attached hydrogen (secondary N) is 3. The van der Waals surface area contributed by atoms with Crippen molar-refractivity contribution in [2.75, 3.05) is 11.1 Å². The van der Waals surface area contributed by atoms with Crippen molar-refractivity contribution in [1.29, 1.82) is 0 Å². The highest BCUT2D eigenvalue weighted by Gasteiger charge is 2.30. The normalized spacial score (nSPS) is 14.8. The molecule has 0 unspecified atom stereocenters. The van der Waals surface area contributed by atoms with Crippen LogP contribution >= 0.6 is 0 Å². The molecule has 7 heteroatoms. The number of H-pyrrole nitrogens is 2. The van der Waals surface area contributed by atoms with Crippen molar-refractivity contribution in [2.45, 2.75) is 18.8 Å². The smallest absolute Gasteiger partial charge is 0.279 e. The van der Waals surface area contributed by atoms with Gasteiger partial charge in [-0.15, -0.1) is 0 Å². The Bertz CT molecular complexity index is 539. The number of nitrogen functional groups attached to an aromatic ring is 1. The SMILES string of the molecule is Nc1c(C(=O)Nc2ccn[nH]2)n[nH]c1C1CC1. The third kappa shape index (κ3) is 1.75. The van der Waals surface area contributed by atoms with E-state index in [1.54, 1.807) is 12.3 Å². The van der Waals surface area contributed by atoms with Crippen LogP contribution in [0.1, 0.15) is 34.9 Å². The first-order valence-electron chi connectivity index (χ1n) is 5.40. The van der Waals surface area contributed by atoms with E-state index in [4.69, 9.17) is 5.73 Å². The highest BCUT2D eigenvalue weighted by atomic mass is 16.2. The molecule has 1 aliphatic carbocycles. The third-order valence-electron chi connectivity index (χ3n) is 2.78. The van der Waals surface area contributed by atoms with E-state index in [1.165, 1.54) is 0 Å². The summed E-state index contributed by atoms with van der Waals surface area (Å²) in [6.45, 7) is 0. The molecular weight excluding hydrogens is 220 g/mol. The fourth-order valence-electron chi connectivity index (χ4n) is 1.73. The van der Waals surface area contributed by atoms with Crippen molar-refractivity contribution < 1.29 is 4.79 Å². The second-order valence-corrected chi connectivity index (χ2v) is 4.10. The molecule has 0 saturated heterocycles. The number of aromatic nitrogens is 4. The van der Waals surface area contributed by atoms with Crippen LogP contribution in [0.4, 0.5) is 11.5 Å². The van der Waals surface area contributed by atoms with Crippen LogP contribution in [0.15, 0.2) is 12.3 Å². The van der Waals surface area contributed by atoms with Gasteiger partial charge >= 0.3 is 0 Å². The molecule has 0 aliphatic heterocycles. The van der Waals surface area contributed by atoms with Crippen LogP contribution in [-0.2, 0) is 0 Å². The van der Waals surface area contributed by atoms with E-state index in [0.717, 1.165) is 18.5 Å². The summed E-state index contributed by atoms with van der Waals surface area (Å²) in [6.07, 6.45) is 3.77. The van der Waals surface area contributed by atoms with E-state index in [-0.39, 0.29) is 11.6 Å². The van der Waals surface area contributed by atoms with E-state index in [2.05, 4.69) is 25.7 Å². The lowest BCUT2D eigenvalue weighted by Gasteiger charge is -2.00. The van der Waals surface area contributed by atoms with Crippen LogP contribution in [-0.4, -0.2) is 26.3 Å². The number of hydrogen-bond acceptors (Lipinski definition) is 4. The van der Waals surface area contributed by atoms with Gasteiger partial charge in [-0.2, -0.15) is 10.2 Å². The maximum Gasteiger partial charge on any atom is 0.279 e. The van der Waals surface area contributed by atoms with Crippen molar-refractivity contribution in [3.05, 3.63) is 23.7 Å². The van der Waals surface area contributed by atoms with Gasteiger partial charge in [0.2, 0.25) is 0 Å². The van der Waals surface area contributed by atoms with Gasteiger partial charge in [-0.25, -0.2) is 0 Å². The minimum Gasteiger partial charge on any atom is -0.395 e. The molecule has 2 aromatic heterocycles. The molecule has 3 rings (SSSR count). The maximum absolute atomic E-state index is 11.9. The van der Waals surface area contributed by atoms with E-state index in [9.17, 15) is 4.79 Å². The molecule has 88 valence electrons. The summed E-state index contributed by atoms with van der Waals surface area (Å²) in [6, 6.07) is 1.66. The van der Waals surface area contributed by atoms with E-state index in [0.29, 0.717) is 17.4 Å². The van der Waals surface area contributed by atoms with E-state index in [1.807, 2.05) is 0 Å². The lowest BCUT2D eigenvalue weighted by molar-refractivity contribution is 0.102. The number of carbonyl (C=O) groups excluding carboxylic acids is 1. The van der Waals surface area contributed by atoms with Crippen LogP contribution in [0.3, 0.4) is 0 Å². The lowest BCUT2D eigenvalue weighted by Crippen LogP contribution is -2.14. The minimum atomic E-state index is -0.338. The molecule has 7 nitrogen and oxygen atoms in total. The Morgan fingerprint density at radius 3 is 2.94 bits per heavy atom. The van der Waals surface area contributed by atoms with Gasteiger partial charge in [-0.3, -0.25) is 15.0 Å². The van der Waals surface area contributed by atoms with Gasteiger partial charge in [0.1, 0.15) is 5.82 Å². The average Bonchev–Trinajstić information content (AvgIpc) is 2.88. The quantitative estimate of drug-likeness (QED) is 0.628. The molecule has 0 bridgehead atoms. The van der Waals surface area contributed by atoms with Crippen LogP contribution in [0.5, 0.6) is 0 Å². The molecule has 0 spiro atoms. The average molecular weight is 232 g/mol. The van der Waals surface area contributed by atoms with Crippen molar-refractivity contribution in [3.63, 3.8) is 0 Å². The summed E-state index contributed by atoms with van der Waals surface area (Å²) in [5.41, 5.74) is 7.45. The molecule has 2 aromatic rings. The number of hydrogen-bond donors (Lipinski definition) is 4. The van der Waals surface area contributed by atoms with Crippen LogP contribution in [0, 0.1) is 0 Å². The van der Waals surface area contributed by atoms with Crippen LogP contribution in [0.2, 0.25) is 0 Å². The zero-order chi connectivity index (χ0) is 11.8. The van der Waals surface area contributed by atoms with Crippen molar-refractivity contribution in [1.82, 2.24) is 20.4 Å². The summed E-state index contributed by atoms with van der Waals surface area (Å²) >= 11 is 0. The number of nitrogens with zero attached hydrogens (tertiary/aromatic N) is 2. The molecule has 5 N–H and O–H groups in total. The number of anilines is 2. The van der Waals surface area contributed by atoms with E-state index < -0.39 is 0 Å². The Balaban J connectivity index is 1.81. The first kappa shape index (κ1) is 9.88. The molecule has 0 radical (unpaired) electrons. The minimum absolute atomic E-state index is 0.237. The summed E-state index contributed by atoms with van der Waals surface area (Å²) in [5, 5.41) is 15.8. The van der Waals surface area contributed by atoms with Crippen LogP contribution in [0.25, 0.3) is 0 Å². The first-order chi connectivity index (χ1) is 8.25. The Labute approximate surface area is 96.8 Å². The van der Waals surface area contributed by atoms with Gasteiger partial charge in [-0.1, -0.05) is 0 Å². The van der Waals surface area contributed by atoms with Gasteiger partial charge in [0.05, 0.1) is 17.6 Å². The molecule has 1 saturated carbocycles. The zero-order valence-electron chi connectivity index (χ0n) is 9.03. The zero-order valence-corrected chi connectivity index (χ0v) is 9.03. The van der Waals surface area contributed by atoms with Crippen LogP contribution < -0.4 is 11.1 Å². The monoisotopic (exact) mass is 232 g/mol. The topological polar surface area (TPSA) is 112 Å². The number of carbonyl (C=O) groups is 1. The van der Waals surface area contributed by atoms with Crippen molar-refractivity contribution in [3.8, 4) is 0 Å². The number of rotatable bonds is 3. The molecule has 1 amide bonds. The summed E-state index contributed by atoms with van der Waals surface area (Å²) in [5.74, 6) is 0.622. The molecule has 2 heterocycles. The molecule has 1 fully saturated rings. The first-order valence-corrected chi connectivity index (χ1v) is 5.40. The Hall–Kier alpha value is -2.31. The number of nitrogens with two attached hydrogens (primary N) is 1. The predicted octanol–water partition coefficient (Wildman–Crippen LogP) is 0.845. The second kappa shape index (κ2) is 3.62. The Morgan fingerprint density at radius 1 is 1.47 bits per heavy atom. The fourth-order valence-corrected chi connectivity index (χ4v) is 1.73. The van der Waals surface area contributed by atoms with Crippen molar-refractivity contribution in [2.24, 2.45) is 0 Å². The third-order valence-corrected chi connectivity index (χ3v) is 2.78. The van der Waals surface area contributed by atoms with Gasteiger partial charge in [0.15, 0.2) is 5.69 Å². The molecule has 0 atom stereocenters. The highest BCUT2D eigenvalue weighted by Crippen LogP contribution is 2.42. The maximum atomic E-state index is 11.9. The Kier molecular flexibility index (Phi) is 2.10. The Morgan fingerprint density at radius 2 is 2.29 bits per heavy atom. The molecule has 0 aromatic carbocycles. The largest absolute Gasteiger partial charge is 0.395 e. The van der Waals surface area contributed by atoms with E-state index >= 15 is 0 Å². The second-order valence-electron chi connectivity index (χ2n) is 4.10.